The first kappa shape index (κ1) is 8.27. The largest absolute Gasteiger partial charge is 0.359 e. The Labute approximate surface area is 71.0 Å². The molecule has 60 valence electrons. The Kier molecular flexibility index (Phi) is 2.65. The Balaban J connectivity index is 2.50. The lowest BCUT2D eigenvalue weighted by Gasteiger charge is -2.15. The fraction of sp³-hybridized carbons (Fsp3) is 0.375. The molecule has 0 spiro atoms. The number of amidine groups is 1. The van der Waals surface area contributed by atoms with Crippen LogP contribution in [0.4, 0.5) is 0 Å². The predicted octanol–water partition coefficient (Wildman–Crippen LogP) is 2.18. The van der Waals surface area contributed by atoms with Gasteiger partial charge in [-0.05, 0) is 29.3 Å². The van der Waals surface area contributed by atoms with Crippen molar-refractivity contribution in [2.24, 2.45) is 0 Å². The lowest BCUT2D eigenvalue weighted by molar-refractivity contribution is 0.495. The van der Waals surface area contributed by atoms with Crippen LogP contribution in [0, 0.1) is 5.41 Å². The smallest absolute Gasteiger partial charge is 0.0926 e. The second-order valence-corrected chi connectivity index (χ2v) is 3.35. The Morgan fingerprint density at radius 3 is 2.91 bits per heavy atom. The van der Waals surface area contributed by atoms with Crippen LogP contribution >= 0.6 is 11.3 Å². The van der Waals surface area contributed by atoms with Crippen LogP contribution in [0.25, 0.3) is 0 Å². The molecule has 1 aromatic heterocycles. The molecule has 1 rings (SSSR count). The summed E-state index contributed by atoms with van der Waals surface area (Å²) in [5.74, 6) is 0.608. The molecule has 0 aliphatic carbocycles. The highest BCUT2D eigenvalue weighted by Crippen LogP contribution is 2.07. The van der Waals surface area contributed by atoms with Gasteiger partial charge in [-0.2, -0.15) is 11.3 Å². The number of hydrogen-bond acceptors (Lipinski definition) is 2. The summed E-state index contributed by atoms with van der Waals surface area (Å²) < 4.78 is 0. The number of nitrogens with zero attached hydrogens (tertiary/aromatic N) is 1. The van der Waals surface area contributed by atoms with Gasteiger partial charge in [-0.15, -0.1) is 0 Å². The Morgan fingerprint density at radius 1 is 1.73 bits per heavy atom. The van der Waals surface area contributed by atoms with Gasteiger partial charge in [-0.25, -0.2) is 0 Å². The van der Waals surface area contributed by atoms with Gasteiger partial charge < -0.3 is 4.90 Å². The lowest BCUT2D eigenvalue weighted by atomic mass is 10.3. The van der Waals surface area contributed by atoms with Gasteiger partial charge in [0.15, 0.2) is 0 Å². The Morgan fingerprint density at radius 2 is 2.45 bits per heavy atom. The standard InChI is InChI=1S/C8H12N2S/c1-7(9)10(2)5-8-3-4-11-6-8/h3-4,6,9H,5H2,1-2H3. The number of thiophene rings is 1. The number of rotatable bonds is 2. The Hall–Kier alpha value is -0.830. The molecule has 0 aromatic carbocycles. The van der Waals surface area contributed by atoms with E-state index in [0.717, 1.165) is 6.54 Å². The fourth-order valence-corrected chi connectivity index (χ4v) is 1.43. The van der Waals surface area contributed by atoms with E-state index in [-0.39, 0.29) is 0 Å². The van der Waals surface area contributed by atoms with Crippen molar-refractivity contribution in [2.75, 3.05) is 7.05 Å². The first-order valence-electron chi connectivity index (χ1n) is 3.47. The average Bonchev–Trinajstić information content (AvgIpc) is 2.39. The van der Waals surface area contributed by atoms with Gasteiger partial charge in [0.1, 0.15) is 0 Å². The first-order valence-corrected chi connectivity index (χ1v) is 4.42. The highest BCUT2D eigenvalue weighted by Gasteiger charge is 1.99. The molecule has 1 aromatic rings. The van der Waals surface area contributed by atoms with Crippen LogP contribution in [0.2, 0.25) is 0 Å². The zero-order chi connectivity index (χ0) is 8.27. The second-order valence-electron chi connectivity index (χ2n) is 2.57. The summed E-state index contributed by atoms with van der Waals surface area (Å²) in [5, 5.41) is 11.5. The van der Waals surface area contributed by atoms with Crippen LogP contribution in [0.1, 0.15) is 12.5 Å². The molecule has 1 heterocycles. The van der Waals surface area contributed by atoms with Crippen molar-refractivity contribution in [3.05, 3.63) is 22.4 Å². The summed E-state index contributed by atoms with van der Waals surface area (Å²) in [7, 11) is 1.93. The highest BCUT2D eigenvalue weighted by atomic mass is 32.1. The molecule has 0 aliphatic heterocycles. The monoisotopic (exact) mass is 168 g/mol. The summed E-state index contributed by atoms with van der Waals surface area (Å²) in [6, 6.07) is 2.09. The molecule has 11 heavy (non-hydrogen) atoms. The van der Waals surface area contributed by atoms with Gasteiger partial charge in [0.25, 0.3) is 0 Å². The molecule has 3 heteroatoms. The summed E-state index contributed by atoms with van der Waals surface area (Å²) >= 11 is 1.70. The van der Waals surface area contributed by atoms with Gasteiger partial charge in [0.2, 0.25) is 0 Å². The van der Waals surface area contributed by atoms with Crippen molar-refractivity contribution < 1.29 is 0 Å². The fourth-order valence-electron chi connectivity index (χ4n) is 0.775. The minimum atomic E-state index is 0.608. The maximum absolute atomic E-state index is 7.33. The molecule has 0 fully saturated rings. The van der Waals surface area contributed by atoms with E-state index < -0.39 is 0 Å². The third-order valence-corrected chi connectivity index (χ3v) is 2.30. The van der Waals surface area contributed by atoms with Gasteiger partial charge in [-0.3, -0.25) is 5.41 Å². The van der Waals surface area contributed by atoms with E-state index in [1.807, 2.05) is 11.9 Å². The van der Waals surface area contributed by atoms with Gasteiger partial charge in [0.05, 0.1) is 5.84 Å². The maximum atomic E-state index is 7.33. The van der Waals surface area contributed by atoms with Crippen LogP contribution in [-0.2, 0) is 6.54 Å². The lowest BCUT2D eigenvalue weighted by Crippen LogP contribution is -2.21. The zero-order valence-electron chi connectivity index (χ0n) is 6.79. The average molecular weight is 168 g/mol. The van der Waals surface area contributed by atoms with E-state index in [9.17, 15) is 0 Å². The molecular weight excluding hydrogens is 156 g/mol. The van der Waals surface area contributed by atoms with Crippen molar-refractivity contribution in [2.45, 2.75) is 13.5 Å². The molecule has 1 N–H and O–H groups in total. The van der Waals surface area contributed by atoms with Crippen molar-refractivity contribution in [3.8, 4) is 0 Å². The van der Waals surface area contributed by atoms with E-state index in [4.69, 9.17) is 5.41 Å². The maximum Gasteiger partial charge on any atom is 0.0926 e. The molecule has 0 atom stereocenters. The first-order chi connectivity index (χ1) is 5.20. The van der Waals surface area contributed by atoms with Gasteiger partial charge in [0, 0.05) is 13.6 Å². The molecule has 0 saturated carbocycles. The predicted molar refractivity (Wildman–Crippen MR) is 49.2 cm³/mol. The van der Waals surface area contributed by atoms with Gasteiger partial charge >= 0.3 is 0 Å². The van der Waals surface area contributed by atoms with Crippen molar-refractivity contribution in [1.82, 2.24) is 4.90 Å². The quantitative estimate of drug-likeness (QED) is 0.532. The van der Waals surface area contributed by atoms with Crippen LogP contribution in [0.15, 0.2) is 16.8 Å². The van der Waals surface area contributed by atoms with Crippen LogP contribution in [0.5, 0.6) is 0 Å². The molecule has 0 radical (unpaired) electrons. The van der Waals surface area contributed by atoms with Crippen molar-refractivity contribution in [1.29, 1.82) is 5.41 Å². The van der Waals surface area contributed by atoms with Gasteiger partial charge in [-0.1, -0.05) is 0 Å². The van der Waals surface area contributed by atoms with E-state index >= 15 is 0 Å². The normalized spacial score (nSPS) is 9.64. The minimum Gasteiger partial charge on any atom is -0.359 e. The second kappa shape index (κ2) is 3.53. The third-order valence-electron chi connectivity index (χ3n) is 1.57. The molecule has 0 amide bonds. The van der Waals surface area contributed by atoms with Crippen LogP contribution in [0.3, 0.4) is 0 Å². The molecule has 0 aliphatic rings. The summed E-state index contributed by atoms with van der Waals surface area (Å²) in [5.41, 5.74) is 1.28. The molecule has 2 nitrogen and oxygen atoms in total. The number of nitrogens with one attached hydrogen (secondary N) is 1. The topological polar surface area (TPSA) is 27.1 Å². The van der Waals surface area contributed by atoms with E-state index in [2.05, 4.69) is 16.8 Å². The van der Waals surface area contributed by atoms with Crippen molar-refractivity contribution >= 4 is 17.2 Å². The SMILES string of the molecule is CC(=N)N(C)Cc1ccsc1. The summed E-state index contributed by atoms with van der Waals surface area (Å²) in [6.45, 7) is 2.64. The third kappa shape index (κ3) is 2.35. The van der Waals surface area contributed by atoms with E-state index in [1.165, 1.54) is 5.56 Å². The van der Waals surface area contributed by atoms with Crippen LogP contribution < -0.4 is 0 Å². The van der Waals surface area contributed by atoms with Crippen LogP contribution in [-0.4, -0.2) is 17.8 Å². The zero-order valence-corrected chi connectivity index (χ0v) is 7.61. The molecule has 0 saturated heterocycles. The molecule has 0 bridgehead atoms. The Bertz CT molecular complexity index is 228. The highest BCUT2D eigenvalue weighted by molar-refractivity contribution is 7.07. The summed E-state index contributed by atoms with van der Waals surface area (Å²) in [4.78, 5) is 1.92. The van der Waals surface area contributed by atoms with E-state index in [1.54, 1.807) is 18.3 Å². The summed E-state index contributed by atoms with van der Waals surface area (Å²) in [6.07, 6.45) is 0. The minimum absolute atomic E-state index is 0.608. The molecular formula is C8H12N2S. The van der Waals surface area contributed by atoms with E-state index in [0.29, 0.717) is 5.84 Å². The number of hydrogen-bond donors (Lipinski definition) is 1. The molecule has 0 unspecified atom stereocenters. The van der Waals surface area contributed by atoms with Crippen molar-refractivity contribution in [3.63, 3.8) is 0 Å².